The van der Waals surface area contributed by atoms with Crippen LogP contribution in [-0.4, -0.2) is 65.7 Å². The lowest BCUT2D eigenvalue weighted by atomic mass is 10.1. The van der Waals surface area contributed by atoms with Crippen LogP contribution in [0.1, 0.15) is 12.7 Å². The van der Waals surface area contributed by atoms with E-state index in [2.05, 4.69) is 32.8 Å². The smallest absolute Gasteiger partial charge is 0.278 e. The molecule has 1 saturated heterocycles. The van der Waals surface area contributed by atoms with E-state index in [1.807, 2.05) is 18.2 Å². The van der Waals surface area contributed by atoms with Gasteiger partial charge in [-0.25, -0.2) is 0 Å². The number of aromatic nitrogens is 1. The number of benzene rings is 2. The molecule has 0 aliphatic carbocycles. The van der Waals surface area contributed by atoms with E-state index in [0.29, 0.717) is 23.6 Å². The highest BCUT2D eigenvalue weighted by molar-refractivity contribution is 6.30. The molecule has 0 unspecified atom stereocenters. The number of nitro groups is 1. The molecule has 0 radical (unpaired) electrons. The van der Waals surface area contributed by atoms with Crippen LogP contribution in [0.4, 0.5) is 11.4 Å². The molecule has 0 atom stereocenters. The molecule has 9 heteroatoms. The van der Waals surface area contributed by atoms with Gasteiger partial charge in [-0.1, -0.05) is 41.9 Å². The molecule has 33 heavy (non-hydrogen) atoms. The summed E-state index contributed by atoms with van der Waals surface area (Å²) in [4.78, 5) is 18.1. The van der Waals surface area contributed by atoms with Crippen LogP contribution >= 0.6 is 11.6 Å². The van der Waals surface area contributed by atoms with E-state index in [-0.39, 0.29) is 5.69 Å². The number of halogens is 1. The number of hydrogen-bond acceptors (Lipinski definition) is 7. The van der Waals surface area contributed by atoms with Gasteiger partial charge in [0.1, 0.15) is 5.69 Å². The van der Waals surface area contributed by atoms with Crippen molar-refractivity contribution in [3.63, 3.8) is 0 Å². The predicted molar refractivity (Wildman–Crippen MR) is 130 cm³/mol. The number of nitro benzene ring substituents is 1. The number of likely N-dealkylation sites (N-methyl/N-ethyl adjacent to an activating group) is 1. The number of hydrogen-bond donors (Lipinski definition) is 0. The van der Waals surface area contributed by atoms with Crippen molar-refractivity contribution in [3.05, 3.63) is 75.5 Å². The van der Waals surface area contributed by atoms with E-state index in [1.165, 1.54) is 11.8 Å². The maximum absolute atomic E-state index is 11.3. The highest BCUT2D eigenvalue weighted by Gasteiger charge is 2.20. The first-order valence-corrected chi connectivity index (χ1v) is 11.6. The predicted octanol–water partition coefficient (Wildman–Crippen LogP) is 4.55. The summed E-state index contributed by atoms with van der Waals surface area (Å²) < 4.78 is 5.51. The molecule has 174 valence electrons. The van der Waals surface area contributed by atoms with E-state index in [0.717, 1.165) is 50.8 Å². The maximum Gasteiger partial charge on any atom is 0.278 e. The Kier molecular flexibility index (Phi) is 7.59. The number of para-hydroxylation sites is 1. The van der Waals surface area contributed by atoms with Crippen molar-refractivity contribution in [2.24, 2.45) is 0 Å². The molecule has 8 nitrogen and oxygen atoms in total. The minimum Gasteiger partial charge on any atom is -0.369 e. The van der Waals surface area contributed by atoms with Gasteiger partial charge in [0.25, 0.3) is 5.69 Å². The van der Waals surface area contributed by atoms with Gasteiger partial charge in [0.15, 0.2) is 5.76 Å². The van der Waals surface area contributed by atoms with E-state index in [9.17, 15) is 10.1 Å². The number of rotatable bonds is 9. The summed E-state index contributed by atoms with van der Waals surface area (Å²) in [5.74, 6) is 0.704. The molecule has 1 fully saturated rings. The third kappa shape index (κ3) is 5.90. The summed E-state index contributed by atoms with van der Waals surface area (Å²) in [6.45, 7) is 9.48. The molecule has 2 heterocycles. The molecule has 0 bridgehead atoms. The lowest BCUT2D eigenvalue weighted by molar-refractivity contribution is -0.384. The van der Waals surface area contributed by atoms with Crippen LogP contribution in [0.3, 0.4) is 0 Å². The van der Waals surface area contributed by atoms with Crippen molar-refractivity contribution >= 4 is 23.0 Å². The van der Waals surface area contributed by atoms with Crippen molar-refractivity contribution < 1.29 is 9.45 Å². The van der Waals surface area contributed by atoms with Crippen LogP contribution in [0.25, 0.3) is 11.3 Å². The zero-order valence-corrected chi connectivity index (χ0v) is 19.4. The molecule has 0 amide bonds. The molecular weight excluding hydrogens is 442 g/mol. The zero-order chi connectivity index (χ0) is 23.2. The summed E-state index contributed by atoms with van der Waals surface area (Å²) in [7, 11) is 0. The van der Waals surface area contributed by atoms with E-state index < -0.39 is 4.92 Å². The van der Waals surface area contributed by atoms with Gasteiger partial charge in [-0.15, -0.1) is 0 Å². The summed E-state index contributed by atoms with van der Waals surface area (Å²) in [5, 5.41) is 16.2. The van der Waals surface area contributed by atoms with E-state index in [1.54, 1.807) is 24.3 Å². The monoisotopic (exact) mass is 469 g/mol. The number of piperazine rings is 1. The van der Waals surface area contributed by atoms with Crippen LogP contribution in [0.2, 0.25) is 5.02 Å². The van der Waals surface area contributed by atoms with Crippen molar-refractivity contribution in [1.82, 2.24) is 15.0 Å². The van der Waals surface area contributed by atoms with Gasteiger partial charge in [-0.2, -0.15) is 0 Å². The minimum atomic E-state index is -0.395. The Hall–Kier alpha value is -2.94. The van der Waals surface area contributed by atoms with Crippen molar-refractivity contribution in [2.75, 3.05) is 50.7 Å². The quantitative estimate of drug-likeness (QED) is 0.336. The second kappa shape index (κ2) is 10.8. The molecule has 0 spiro atoms. The Morgan fingerprint density at radius 1 is 1.12 bits per heavy atom. The highest BCUT2D eigenvalue weighted by Crippen LogP contribution is 2.29. The van der Waals surface area contributed by atoms with Gasteiger partial charge in [0, 0.05) is 62.1 Å². The summed E-state index contributed by atoms with van der Waals surface area (Å²) in [5.41, 5.74) is 2.17. The molecule has 2 aromatic carbocycles. The Morgan fingerprint density at radius 2 is 1.91 bits per heavy atom. The standard InChI is InChI=1S/C24H28ClN5O3/c1-2-27(10-11-28-12-14-29(15-13-28)20-7-5-6-19(25)16-20)18-21-17-23(26-33-21)22-8-3-4-9-24(22)30(31)32/h3-9,16-17H,2,10-15,18H2,1H3. The lowest BCUT2D eigenvalue weighted by Crippen LogP contribution is -2.48. The Balaban J connectivity index is 1.29. The average Bonchev–Trinajstić information content (AvgIpc) is 3.30. The Morgan fingerprint density at radius 3 is 2.64 bits per heavy atom. The molecule has 1 aliphatic heterocycles. The number of anilines is 1. The molecule has 4 rings (SSSR count). The fraction of sp³-hybridized carbons (Fsp3) is 0.375. The SMILES string of the molecule is CCN(CCN1CCN(c2cccc(Cl)c2)CC1)Cc1cc(-c2ccccc2[N+](=O)[O-])no1. The minimum absolute atomic E-state index is 0.0293. The van der Waals surface area contributed by atoms with Gasteiger partial charge in [-0.05, 0) is 30.8 Å². The summed E-state index contributed by atoms with van der Waals surface area (Å²) >= 11 is 6.13. The van der Waals surface area contributed by atoms with Crippen LogP contribution in [0.15, 0.2) is 59.1 Å². The van der Waals surface area contributed by atoms with Gasteiger partial charge in [0.05, 0.1) is 17.0 Å². The van der Waals surface area contributed by atoms with E-state index >= 15 is 0 Å². The van der Waals surface area contributed by atoms with Gasteiger partial charge in [-0.3, -0.25) is 19.9 Å². The van der Waals surface area contributed by atoms with Crippen molar-refractivity contribution in [1.29, 1.82) is 0 Å². The first-order valence-electron chi connectivity index (χ1n) is 11.2. The van der Waals surface area contributed by atoms with Crippen LogP contribution < -0.4 is 4.90 Å². The van der Waals surface area contributed by atoms with Gasteiger partial charge >= 0.3 is 0 Å². The van der Waals surface area contributed by atoms with Crippen LogP contribution in [0, 0.1) is 10.1 Å². The fourth-order valence-corrected chi connectivity index (χ4v) is 4.30. The molecular formula is C24H28ClN5O3. The Bertz CT molecular complexity index is 1080. The Labute approximate surface area is 198 Å². The van der Waals surface area contributed by atoms with Gasteiger partial charge in [0.2, 0.25) is 0 Å². The van der Waals surface area contributed by atoms with Crippen LogP contribution in [-0.2, 0) is 6.54 Å². The molecule has 0 N–H and O–H groups in total. The summed E-state index contributed by atoms with van der Waals surface area (Å²) in [6.07, 6.45) is 0. The molecule has 1 aliphatic rings. The second-order valence-electron chi connectivity index (χ2n) is 8.13. The fourth-order valence-electron chi connectivity index (χ4n) is 4.12. The van der Waals surface area contributed by atoms with Gasteiger partial charge < -0.3 is 9.42 Å². The highest BCUT2D eigenvalue weighted by atomic mass is 35.5. The van der Waals surface area contributed by atoms with Crippen LogP contribution in [0.5, 0.6) is 0 Å². The van der Waals surface area contributed by atoms with E-state index in [4.69, 9.17) is 16.1 Å². The first kappa shape index (κ1) is 23.2. The maximum atomic E-state index is 11.3. The van der Waals surface area contributed by atoms with Crippen molar-refractivity contribution in [3.8, 4) is 11.3 Å². The largest absolute Gasteiger partial charge is 0.369 e. The topological polar surface area (TPSA) is 78.9 Å². The lowest BCUT2D eigenvalue weighted by Gasteiger charge is -2.37. The normalized spacial score (nSPS) is 14.7. The zero-order valence-electron chi connectivity index (χ0n) is 18.7. The van der Waals surface area contributed by atoms with Crippen molar-refractivity contribution in [2.45, 2.75) is 13.5 Å². The molecule has 1 aromatic heterocycles. The second-order valence-corrected chi connectivity index (χ2v) is 8.57. The third-order valence-corrected chi connectivity index (χ3v) is 6.28. The first-order chi connectivity index (χ1) is 16.0. The molecule has 3 aromatic rings. The third-order valence-electron chi connectivity index (χ3n) is 6.04. The molecule has 0 saturated carbocycles. The summed E-state index contributed by atoms with van der Waals surface area (Å²) in [6, 6.07) is 16.4. The number of nitrogens with zero attached hydrogens (tertiary/aromatic N) is 5. The average molecular weight is 470 g/mol.